The lowest BCUT2D eigenvalue weighted by atomic mass is 10.2. The average molecular weight is 367 g/mol. The molecule has 0 fully saturated rings. The highest BCUT2D eigenvalue weighted by Gasteiger charge is 2.27. The number of rotatable bonds is 2. The van der Waals surface area contributed by atoms with Crippen LogP contribution in [0.4, 0.5) is 10.5 Å². The number of urea groups is 1. The van der Waals surface area contributed by atoms with Crippen molar-refractivity contribution in [3.8, 4) is 5.75 Å². The van der Waals surface area contributed by atoms with Crippen LogP contribution in [0.5, 0.6) is 5.75 Å². The minimum atomic E-state index is -3.95. The SMILES string of the molecule is Cc1ccc(S(=O)(=O)NC(=O)N2CCOc3ccc(Cl)cc32)cc1. The van der Waals surface area contributed by atoms with Crippen molar-refractivity contribution in [1.82, 2.24) is 4.72 Å². The summed E-state index contributed by atoms with van der Waals surface area (Å²) in [7, 11) is -3.95. The summed E-state index contributed by atoms with van der Waals surface area (Å²) in [4.78, 5) is 13.8. The van der Waals surface area contributed by atoms with Crippen LogP contribution in [0.15, 0.2) is 47.4 Å². The van der Waals surface area contributed by atoms with Gasteiger partial charge in [-0.25, -0.2) is 17.9 Å². The highest BCUT2D eigenvalue weighted by atomic mass is 35.5. The largest absolute Gasteiger partial charge is 0.490 e. The molecule has 0 atom stereocenters. The van der Waals surface area contributed by atoms with Crippen LogP contribution in [0.3, 0.4) is 0 Å². The Hall–Kier alpha value is -2.25. The van der Waals surface area contributed by atoms with Crippen molar-refractivity contribution in [1.29, 1.82) is 0 Å². The number of carbonyl (C=O) groups excluding carboxylic acids is 1. The predicted octanol–water partition coefficient (Wildman–Crippen LogP) is 2.95. The molecule has 8 heteroatoms. The zero-order chi connectivity index (χ0) is 17.3. The molecule has 0 saturated heterocycles. The molecule has 1 heterocycles. The summed E-state index contributed by atoms with van der Waals surface area (Å²) in [5.41, 5.74) is 1.36. The number of fused-ring (bicyclic) bond motifs is 1. The van der Waals surface area contributed by atoms with Crippen molar-refractivity contribution >= 4 is 33.3 Å². The second-order valence-electron chi connectivity index (χ2n) is 5.34. The zero-order valence-electron chi connectivity index (χ0n) is 12.8. The Balaban J connectivity index is 1.86. The van der Waals surface area contributed by atoms with E-state index in [0.717, 1.165) is 5.56 Å². The van der Waals surface area contributed by atoms with Gasteiger partial charge in [-0.2, -0.15) is 0 Å². The number of aryl methyl sites for hydroxylation is 1. The standard InChI is InChI=1S/C16H15ClN2O4S/c1-11-2-5-13(6-3-11)24(21,22)18-16(20)19-8-9-23-15-7-4-12(17)10-14(15)19/h2-7,10H,8-9H2,1H3,(H,18,20). The number of carbonyl (C=O) groups is 1. The Bertz CT molecular complexity index is 881. The van der Waals surface area contributed by atoms with Crippen molar-refractivity contribution in [2.24, 2.45) is 0 Å². The van der Waals surface area contributed by atoms with Crippen LogP contribution in [0.1, 0.15) is 5.56 Å². The maximum atomic E-state index is 12.5. The molecular formula is C16H15ClN2O4S. The van der Waals surface area contributed by atoms with Crippen molar-refractivity contribution in [2.45, 2.75) is 11.8 Å². The molecule has 0 unspecified atom stereocenters. The lowest BCUT2D eigenvalue weighted by Gasteiger charge is -2.29. The van der Waals surface area contributed by atoms with Gasteiger partial charge in [0.1, 0.15) is 12.4 Å². The minimum Gasteiger partial charge on any atom is -0.490 e. The van der Waals surface area contributed by atoms with E-state index in [4.69, 9.17) is 16.3 Å². The highest BCUT2D eigenvalue weighted by molar-refractivity contribution is 7.90. The van der Waals surface area contributed by atoms with E-state index in [1.165, 1.54) is 17.0 Å². The Labute approximate surface area is 145 Å². The van der Waals surface area contributed by atoms with Gasteiger partial charge in [0.25, 0.3) is 10.0 Å². The van der Waals surface area contributed by atoms with E-state index in [-0.39, 0.29) is 18.0 Å². The third-order valence-corrected chi connectivity index (χ3v) is 5.15. The first-order chi connectivity index (χ1) is 11.4. The Morgan fingerprint density at radius 3 is 2.62 bits per heavy atom. The Kier molecular flexibility index (Phi) is 4.38. The number of nitrogens with one attached hydrogen (secondary N) is 1. The third kappa shape index (κ3) is 3.32. The van der Waals surface area contributed by atoms with Gasteiger partial charge in [-0.15, -0.1) is 0 Å². The molecule has 0 aromatic heterocycles. The predicted molar refractivity (Wildman–Crippen MR) is 91.2 cm³/mol. The first-order valence-corrected chi connectivity index (χ1v) is 9.06. The number of anilines is 1. The molecule has 1 aliphatic heterocycles. The second kappa shape index (κ2) is 6.33. The molecule has 2 aromatic rings. The summed E-state index contributed by atoms with van der Waals surface area (Å²) >= 11 is 5.96. The molecule has 6 nitrogen and oxygen atoms in total. The van der Waals surface area contributed by atoms with Crippen LogP contribution in [-0.4, -0.2) is 27.6 Å². The molecule has 0 aliphatic carbocycles. The fourth-order valence-corrected chi connectivity index (χ4v) is 3.47. The number of halogens is 1. The summed E-state index contributed by atoms with van der Waals surface area (Å²) in [5, 5.41) is 0.429. The van der Waals surface area contributed by atoms with Crippen LogP contribution in [0, 0.1) is 6.92 Å². The third-order valence-electron chi connectivity index (χ3n) is 3.58. The number of hydrogen-bond donors (Lipinski definition) is 1. The average Bonchev–Trinajstić information content (AvgIpc) is 2.54. The van der Waals surface area contributed by atoms with Crippen LogP contribution in [-0.2, 0) is 10.0 Å². The summed E-state index contributed by atoms with van der Waals surface area (Å²) in [6.45, 7) is 2.35. The van der Waals surface area contributed by atoms with Gasteiger partial charge < -0.3 is 4.74 Å². The molecule has 2 amide bonds. The van der Waals surface area contributed by atoms with E-state index in [0.29, 0.717) is 16.5 Å². The molecule has 2 aromatic carbocycles. The van der Waals surface area contributed by atoms with E-state index in [9.17, 15) is 13.2 Å². The van der Waals surface area contributed by atoms with Gasteiger partial charge in [-0.3, -0.25) is 4.90 Å². The van der Waals surface area contributed by atoms with Crippen LogP contribution >= 0.6 is 11.6 Å². The first kappa shape index (κ1) is 16.6. The smallest absolute Gasteiger partial charge is 0.336 e. The van der Waals surface area contributed by atoms with Gasteiger partial charge in [0, 0.05) is 5.02 Å². The fraction of sp³-hybridized carbons (Fsp3) is 0.188. The van der Waals surface area contributed by atoms with E-state index in [1.54, 1.807) is 30.3 Å². The molecule has 0 bridgehead atoms. The van der Waals surface area contributed by atoms with Gasteiger partial charge in [0.2, 0.25) is 0 Å². The summed E-state index contributed by atoms with van der Waals surface area (Å²) in [6, 6.07) is 10.3. The number of benzene rings is 2. The van der Waals surface area contributed by atoms with Crippen LogP contribution in [0.2, 0.25) is 5.02 Å². The topological polar surface area (TPSA) is 75.7 Å². The molecule has 126 valence electrons. The number of nitrogens with zero attached hydrogens (tertiary/aromatic N) is 1. The maximum absolute atomic E-state index is 12.5. The van der Waals surface area contributed by atoms with E-state index in [1.807, 2.05) is 6.92 Å². The van der Waals surface area contributed by atoms with Crippen molar-refractivity contribution in [3.05, 3.63) is 53.1 Å². The van der Waals surface area contributed by atoms with Crippen molar-refractivity contribution in [3.63, 3.8) is 0 Å². The van der Waals surface area contributed by atoms with E-state index in [2.05, 4.69) is 4.72 Å². The summed E-state index contributed by atoms with van der Waals surface area (Å²) in [6.07, 6.45) is 0. The number of hydrogen-bond acceptors (Lipinski definition) is 4. The van der Waals surface area contributed by atoms with Crippen LogP contribution < -0.4 is 14.4 Å². The normalized spacial score (nSPS) is 13.8. The monoisotopic (exact) mass is 366 g/mol. The van der Waals surface area contributed by atoms with Gasteiger partial charge in [-0.1, -0.05) is 29.3 Å². The Morgan fingerprint density at radius 2 is 1.92 bits per heavy atom. The van der Waals surface area contributed by atoms with Crippen molar-refractivity contribution < 1.29 is 17.9 Å². The van der Waals surface area contributed by atoms with Gasteiger partial charge in [0.15, 0.2) is 0 Å². The highest BCUT2D eigenvalue weighted by Crippen LogP contribution is 2.34. The van der Waals surface area contributed by atoms with Gasteiger partial charge in [-0.05, 0) is 37.3 Å². The molecule has 1 N–H and O–H groups in total. The second-order valence-corrected chi connectivity index (χ2v) is 7.45. The van der Waals surface area contributed by atoms with Gasteiger partial charge in [0.05, 0.1) is 17.1 Å². The number of sulfonamides is 1. The molecule has 1 aliphatic rings. The molecule has 0 saturated carbocycles. The first-order valence-electron chi connectivity index (χ1n) is 7.20. The number of ether oxygens (including phenoxy) is 1. The molecule has 0 radical (unpaired) electrons. The molecule has 0 spiro atoms. The minimum absolute atomic E-state index is 0.0287. The number of amides is 2. The fourth-order valence-electron chi connectivity index (χ4n) is 2.35. The van der Waals surface area contributed by atoms with E-state index >= 15 is 0 Å². The lowest BCUT2D eigenvalue weighted by molar-refractivity contribution is 0.244. The maximum Gasteiger partial charge on any atom is 0.336 e. The quantitative estimate of drug-likeness (QED) is 0.886. The lowest BCUT2D eigenvalue weighted by Crippen LogP contribution is -2.46. The molecular weight excluding hydrogens is 352 g/mol. The molecule has 24 heavy (non-hydrogen) atoms. The van der Waals surface area contributed by atoms with Crippen LogP contribution in [0.25, 0.3) is 0 Å². The van der Waals surface area contributed by atoms with E-state index < -0.39 is 16.1 Å². The zero-order valence-corrected chi connectivity index (χ0v) is 14.4. The summed E-state index contributed by atoms with van der Waals surface area (Å²) < 4.78 is 32.3. The van der Waals surface area contributed by atoms with Crippen molar-refractivity contribution in [2.75, 3.05) is 18.1 Å². The summed E-state index contributed by atoms with van der Waals surface area (Å²) in [5.74, 6) is 0.480. The molecule has 3 rings (SSSR count). The van der Waals surface area contributed by atoms with Gasteiger partial charge >= 0.3 is 6.03 Å². The Morgan fingerprint density at radius 1 is 1.21 bits per heavy atom.